The highest BCUT2D eigenvalue weighted by Gasteiger charge is 2.43. The Hall–Kier alpha value is -2.76. The first-order valence-electron chi connectivity index (χ1n) is 13.1. The fourth-order valence-corrected chi connectivity index (χ4v) is 6.43. The van der Waals surface area contributed by atoms with E-state index in [-0.39, 0.29) is 37.6 Å². The zero-order valence-electron chi connectivity index (χ0n) is 23.7. The van der Waals surface area contributed by atoms with Gasteiger partial charge in [-0.25, -0.2) is 13.1 Å². The van der Waals surface area contributed by atoms with Crippen molar-refractivity contribution < 1.29 is 22.7 Å². The Morgan fingerprint density at radius 2 is 1.73 bits per heavy atom. The van der Waals surface area contributed by atoms with Crippen molar-refractivity contribution in [2.45, 2.75) is 64.8 Å². The average Bonchev–Trinajstić information content (AvgIpc) is 3.05. The molecule has 11 heteroatoms. The molecule has 0 spiro atoms. The number of nitrogens with zero attached hydrogens (tertiary/aromatic N) is 1. The van der Waals surface area contributed by atoms with Gasteiger partial charge in [0.2, 0.25) is 21.8 Å². The number of carbonyl (C=O) groups excluding carboxylic acids is 2. The molecule has 2 amide bonds. The van der Waals surface area contributed by atoms with Crippen LogP contribution in [0.3, 0.4) is 0 Å². The standard InChI is InChI=1S/C29H39ClN4O5S/c1-6-34(17-23-25(40(37,38)33-29(23,4)5)16-20-12-14-22(30)15-13-20)26(35)24(32-27(36)28(2,3)31)19-39-18-21-10-8-7-9-11-21/h7-15,24,33H,6,16-19,31H2,1-5H3,(H,32,36)/t24-/m1/s1. The molecule has 0 bridgehead atoms. The minimum atomic E-state index is -3.79. The molecule has 0 aromatic heterocycles. The molecule has 9 nitrogen and oxygen atoms in total. The second kappa shape index (κ2) is 12.8. The number of hydrogen-bond acceptors (Lipinski definition) is 6. The topological polar surface area (TPSA) is 131 Å². The molecular weight excluding hydrogens is 552 g/mol. The molecule has 1 aliphatic heterocycles. The molecule has 0 saturated heterocycles. The summed E-state index contributed by atoms with van der Waals surface area (Å²) in [7, 11) is -3.79. The molecule has 1 aliphatic rings. The largest absolute Gasteiger partial charge is 0.374 e. The number of nitrogens with two attached hydrogens (primary N) is 1. The molecule has 3 rings (SSSR count). The molecule has 0 unspecified atom stereocenters. The molecule has 0 fully saturated rings. The SMILES string of the molecule is CCN(CC1=C(Cc2ccc(Cl)cc2)S(=O)(=O)NC1(C)C)C(=O)[C@@H](COCc1ccccc1)NC(=O)C(C)(C)N. The van der Waals surface area contributed by atoms with E-state index in [0.717, 1.165) is 11.1 Å². The lowest BCUT2D eigenvalue weighted by molar-refractivity contribution is -0.139. The van der Waals surface area contributed by atoms with Crippen LogP contribution in [0.1, 0.15) is 45.7 Å². The van der Waals surface area contributed by atoms with Crippen LogP contribution < -0.4 is 15.8 Å². The van der Waals surface area contributed by atoms with Crippen LogP contribution in [0.4, 0.5) is 0 Å². The quantitative estimate of drug-likeness (QED) is 0.348. The molecule has 218 valence electrons. The first kappa shape index (κ1) is 31.8. The minimum absolute atomic E-state index is 0.0502. The number of allylic oxidation sites excluding steroid dienone is 1. The van der Waals surface area contributed by atoms with Crippen LogP contribution in [0, 0.1) is 0 Å². The van der Waals surface area contributed by atoms with Gasteiger partial charge in [-0.3, -0.25) is 9.59 Å². The van der Waals surface area contributed by atoms with Crippen molar-refractivity contribution in [1.29, 1.82) is 0 Å². The molecule has 1 atom stereocenters. The predicted molar refractivity (Wildman–Crippen MR) is 157 cm³/mol. The number of likely N-dealkylation sites (N-methyl/N-ethyl adjacent to an activating group) is 1. The lowest BCUT2D eigenvalue weighted by Gasteiger charge is -2.32. The third-order valence-corrected chi connectivity index (χ3v) is 8.78. The molecule has 0 radical (unpaired) electrons. The highest BCUT2D eigenvalue weighted by atomic mass is 35.5. The highest BCUT2D eigenvalue weighted by Crippen LogP contribution is 2.34. The number of hydrogen-bond donors (Lipinski definition) is 3. The van der Waals surface area contributed by atoms with Crippen molar-refractivity contribution >= 4 is 33.4 Å². The third kappa shape index (κ3) is 8.14. The lowest BCUT2D eigenvalue weighted by atomic mass is 9.92. The number of sulfonamides is 1. The Labute approximate surface area is 242 Å². The first-order chi connectivity index (χ1) is 18.6. The lowest BCUT2D eigenvalue weighted by Crippen LogP contribution is -2.58. The second-order valence-electron chi connectivity index (χ2n) is 11.0. The van der Waals surface area contributed by atoms with Crippen LogP contribution in [0.15, 0.2) is 65.1 Å². The molecule has 0 aliphatic carbocycles. The molecule has 4 N–H and O–H groups in total. The van der Waals surface area contributed by atoms with E-state index in [0.29, 0.717) is 10.6 Å². The van der Waals surface area contributed by atoms with Crippen molar-refractivity contribution in [2.75, 3.05) is 19.7 Å². The monoisotopic (exact) mass is 590 g/mol. The normalized spacial score (nSPS) is 17.0. The van der Waals surface area contributed by atoms with Gasteiger partial charge in [0.1, 0.15) is 6.04 Å². The van der Waals surface area contributed by atoms with Crippen LogP contribution in [0.25, 0.3) is 0 Å². The Morgan fingerprint density at radius 1 is 1.10 bits per heavy atom. The van der Waals surface area contributed by atoms with Crippen LogP contribution in [-0.4, -0.2) is 61.9 Å². The molecule has 40 heavy (non-hydrogen) atoms. The number of ether oxygens (including phenoxy) is 1. The summed E-state index contributed by atoms with van der Waals surface area (Å²) in [5, 5.41) is 3.29. The van der Waals surface area contributed by atoms with Crippen molar-refractivity contribution in [1.82, 2.24) is 14.9 Å². The molecule has 0 saturated carbocycles. The van der Waals surface area contributed by atoms with Crippen molar-refractivity contribution in [3.8, 4) is 0 Å². The number of halogens is 1. The Kier molecular flexibility index (Phi) is 10.2. The van der Waals surface area contributed by atoms with Crippen LogP contribution in [0.5, 0.6) is 0 Å². The summed E-state index contributed by atoms with van der Waals surface area (Å²) in [4.78, 5) is 28.3. The maximum atomic E-state index is 13.8. The molecule has 2 aromatic rings. The van der Waals surface area contributed by atoms with Gasteiger partial charge in [-0.15, -0.1) is 0 Å². The van der Waals surface area contributed by atoms with E-state index in [1.54, 1.807) is 58.9 Å². The minimum Gasteiger partial charge on any atom is -0.374 e. The highest BCUT2D eigenvalue weighted by molar-refractivity contribution is 7.93. The van der Waals surface area contributed by atoms with E-state index in [1.807, 2.05) is 30.3 Å². The summed E-state index contributed by atoms with van der Waals surface area (Å²) in [6.07, 6.45) is 0.152. The van der Waals surface area contributed by atoms with Gasteiger partial charge in [-0.1, -0.05) is 54.1 Å². The average molecular weight is 591 g/mol. The maximum absolute atomic E-state index is 13.8. The number of amides is 2. The fraction of sp³-hybridized carbons (Fsp3) is 0.448. The van der Waals surface area contributed by atoms with Gasteiger partial charge in [0.25, 0.3) is 0 Å². The summed E-state index contributed by atoms with van der Waals surface area (Å²) >= 11 is 6.01. The Balaban J connectivity index is 1.89. The molecule has 2 aromatic carbocycles. The summed E-state index contributed by atoms with van der Waals surface area (Å²) in [6, 6.07) is 15.4. The number of nitrogens with one attached hydrogen (secondary N) is 2. The van der Waals surface area contributed by atoms with Gasteiger partial charge in [0.05, 0.1) is 29.2 Å². The summed E-state index contributed by atoms with van der Waals surface area (Å²) in [5.74, 6) is -0.898. The summed E-state index contributed by atoms with van der Waals surface area (Å²) < 4.78 is 34.9. The van der Waals surface area contributed by atoms with Gasteiger partial charge < -0.3 is 20.7 Å². The van der Waals surface area contributed by atoms with E-state index >= 15 is 0 Å². The van der Waals surface area contributed by atoms with Gasteiger partial charge >= 0.3 is 0 Å². The van der Waals surface area contributed by atoms with E-state index in [1.165, 1.54) is 4.90 Å². The molecule has 1 heterocycles. The zero-order valence-corrected chi connectivity index (χ0v) is 25.2. The van der Waals surface area contributed by atoms with Gasteiger partial charge in [-0.05, 0) is 63.5 Å². The first-order valence-corrected chi connectivity index (χ1v) is 15.0. The Bertz CT molecular complexity index is 1340. The predicted octanol–water partition coefficient (Wildman–Crippen LogP) is 3.14. The van der Waals surface area contributed by atoms with Gasteiger partial charge in [0, 0.05) is 24.5 Å². The zero-order chi connectivity index (χ0) is 29.7. The second-order valence-corrected chi connectivity index (χ2v) is 13.2. The smallest absolute Gasteiger partial charge is 0.247 e. The van der Waals surface area contributed by atoms with E-state index < -0.39 is 39.0 Å². The summed E-state index contributed by atoms with van der Waals surface area (Å²) in [6.45, 7) is 8.96. The van der Waals surface area contributed by atoms with E-state index in [2.05, 4.69) is 10.0 Å². The Morgan fingerprint density at radius 3 is 2.30 bits per heavy atom. The van der Waals surface area contributed by atoms with Gasteiger partial charge in [0.15, 0.2) is 0 Å². The molecular formula is C29H39ClN4O5S. The van der Waals surface area contributed by atoms with Crippen molar-refractivity contribution in [3.05, 3.63) is 81.2 Å². The number of rotatable bonds is 12. The maximum Gasteiger partial charge on any atom is 0.247 e. The van der Waals surface area contributed by atoms with Gasteiger partial charge in [-0.2, -0.15) is 0 Å². The number of benzene rings is 2. The third-order valence-electron chi connectivity index (χ3n) is 6.71. The summed E-state index contributed by atoms with van der Waals surface area (Å²) in [5.41, 5.74) is 6.13. The fourth-order valence-electron chi connectivity index (χ4n) is 4.39. The van der Waals surface area contributed by atoms with Crippen molar-refractivity contribution in [2.24, 2.45) is 5.73 Å². The van der Waals surface area contributed by atoms with Crippen LogP contribution in [0.2, 0.25) is 5.02 Å². The van der Waals surface area contributed by atoms with E-state index in [9.17, 15) is 18.0 Å². The van der Waals surface area contributed by atoms with E-state index in [4.69, 9.17) is 22.1 Å². The number of carbonyl (C=O) groups is 2. The van der Waals surface area contributed by atoms with Crippen LogP contribution in [-0.2, 0) is 37.4 Å². The van der Waals surface area contributed by atoms with Crippen molar-refractivity contribution in [3.63, 3.8) is 0 Å². The van der Waals surface area contributed by atoms with Crippen LogP contribution >= 0.6 is 11.6 Å².